The lowest BCUT2D eigenvalue weighted by atomic mass is 10.00. The first kappa shape index (κ1) is 31.5. The molecule has 3 heterocycles. The quantitative estimate of drug-likeness (QED) is 0.182. The molecule has 13 heteroatoms. The van der Waals surface area contributed by atoms with Crippen LogP contribution in [0.3, 0.4) is 0 Å². The predicted molar refractivity (Wildman–Crippen MR) is 172 cm³/mol. The average molecular weight is 637 g/mol. The third kappa shape index (κ3) is 7.22. The lowest BCUT2D eigenvalue weighted by Gasteiger charge is -2.49. The van der Waals surface area contributed by atoms with Crippen molar-refractivity contribution in [2.45, 2.75) is 55.3 Å². The molecule has 0 spiro atoms. The second-order valence-electron chi connectivity index (χ2n) is 11.4. The van der Waals surface area contributed by atoms with Crippen molar-refractivity contribution in [1.82, 2.24) is 15.5 Å². The molecule has 232 valence electrons. The van der Waals surface area contributed by atoms with Crippen LogP contribution < -0.4 is 22.1 Å². The first-order valence-electron chi connectivity index (χ1n) is 14.1. The topological polar surface area (TPSA) is 161 Å². The van der Waals surface area contributed by atoms with E-state index < -0.39 is 46.1 Å². The molecular weight excluding hydrogens is 601 g/mol. The Bertz CT molecular complexity index is 1450. The second-order valence-corrected chi connectivity index (χ2v) is 13.9. The van der Waals surface area contributed by atoms with Gasteiger partial charge in [-0.15, -0.1) is 23.5 Å². The number of β-lactam (4-membered cyclic amide) rings is 1. The molecule has 2 amide bonds. The second kappa shape index (κ2) is 13.0. The summed E-state index contributed by atoms with van der Waals surface area (Å²) in [6, 6.07) is 18.1. The number of ether oxygens (including phenoxy) is 2. The molecule has 2 aromatic carbocycles. The fraction of sp³-hybridized carbons (Fsp3) is 0.355. The van der Waals surface area contributed by atoms with E-state index in [1.54, 1.807) is 26.8 Å². The number of nitrogens with one attached hydrogen (secondary N) is 2. The van der Waals surface area contributed by atoms with Gasteiger partial charge in [-0.3, -0.25) is 15.4 Å². The summed E-state index contributed by atoms with van der Waals surface area (Å²) in [4.78, 5) is 44.8. The van der Waals surface area contributed by atoms with E-state index in [9.17, 15) is 14.4 Å². The molecule has 3 aliphatic rings. The standard InChI is InChI=1S/C31H36N6O5S2/c1-30(2,3)42-29(40)36-23-26(38)37-24(21(17-43-27(23)37)14-15-44-31(33)16-22(32)34-18-35-31)28(39)41-25(19-10-6-4-7-11-19)20-12-8-5-9-13-20/h4-13,16,18,23,25,27H,14-15,17,32-33H2,1-3H3,(H,34,35)(H,36,40)/t23-,27-,31?/m1/s1. The summed E-state index contributed by atoms with van der Waals surface area (Å²) in [5.74, 6) is 0.321. The number of esters is 1. The summed E-state index contributed by atoms with van der Waals surface area (Å²) >= 11 is 2.83. The minimum Gasteiger partial charge on any atom is -0.448 e. The van der Waals surface area contributed by atoms with Crippen LogP contribution in [0, 0.1) is 0 Å². The van der Waals surface area contributed by atoms with Gasteiger partial charge in [0.15, 0.2) is 11.1 Å². The molecule has 0 bridgehead atoms. The van der Waals surface area contributed by atoms with Crippen LogP contribution in [-0.4, -0.2) is 62.7 Å². The molecule has 3 aliphatic heterocycles. The van der Waals surface area contributed by atoms with Gasteiger partial charge in [-0.2, -0.15) is 0 Å². The Hall–Kier alpha value is -3.94. The number of amides is 2. The lowest BCUT2D eigenvalue weighted by Crippen LogP contribution is -2.70. The van der Waals surface area contributed by atoms with Crippen LogP contribution >= 0.6 is 23.5 Å². The van der Waals surface area contributed by atoms with Gasteiger partial charge in [0, 0.05) is 17.6 Å². The van der Waals surface area contributed by atoms with E-state index in [4.69, 9.17) is 20.9 Å². The van der Waals surface area contributed by atoms with Gasteiger partial charge >= 0.3 is 12.1 Å². The van der Waals surface area contributed by atoms with Crippen LogP contribution in [0.4, 0.5) is 4.79 Å². The van der Waals surface area contributed by atoms with E-state index in [1.807, 2.05) is 60.7 Å². The van der Waals surface area contributed by atoms with Crippen molar-refractivity contribution in [3.05, 3.63) is 95.0 Å². The van der Waals surface area contributed by atoms with Gasteiger partial charge in [-0.1, -0.05) is 60.7 Å². The van der Waals surface area contributed by atoms with Crippen molar-refractivity contribution in [2.75, 3.05) is 11.5 Å². The summed E-state index contributed by atoms with van der Waals surface area (Å²) in [5.41, 5.74) is 14.1. The summed E-state index contributed by atoms with van der Waals surface area (Å²) < 4.78 is 11.6. The number of carbonyl (C=O) groups excluding carboxylic acids is 3. The van der Waals surface area contributed by atoms with Crippen molar-refractivity contribution in [3.63, 3.8) is 0 Å². The van der Waals surface area contributed by atoms with Crippen LogP contribution in [0.15, 0.2) is 88.8 Å². The maximum atomic E-state index is 14.1. The minimum absolute atomic E-state index is 0.188. The fourth-order valence-corrected chi connectivity index (χ4v) is 7.37. The van der Waals surface area contributed by atoms with Crippen LogP contribution in [0.2, 0.25) is 0 Å². The summed E-state index contributed by atoms with van der Waals surface area (Å²) in [7, 11) is 0. The highest BCUT2D eigenvalue weighted by Crippen LogP contribution is 2.43. The number of alkyl carbamates (subject to hydrolysis) is 1. The fourth-order valence-electron chi connectivity index (χ4n) is 4.97. The third-order valence-electron chi connectivity index (χ3n) is 6.94. The van der Waals surface area contributed by atoms with Gasteiger partial charge in [-0.05, 0) is 43.9 Å². The number of rotatable bonds is 9. The molecule has 1 fully saturated rings. The smallest absolute Gasteiger partial charge is 0.408 e. The van der Waals surface area contributed by atoms with E-state index in [-0.39, 0.29) is 5.70 Å². The third-order valence-corrected chi connectivity index (χ3v) is 9.37. The van der Waals surface area contributed by atoms with Gasteiger partial charge in [0.05, 0.1) is 6.34 Å². The van der Waals surface area contributed by atoms with Crippen LogP contribution in [0.25, 0.3) is 0 Å². The van der Waals surface area contributed by atoms with Crippen molar-refractivity contribution >= 4 is 47.8 Å². The molecule has 0 radical (unpaired) electrons. The number of hydrogen-bond donors (Lipinski definition) is 4. The first-order valence-corrected chi connectivity index (χ1v) is 16.2. The molecule has 11 nitrogen and oxygen atoms in total. The van der Waals surface area contributed by atoms with E-state index in [2.05, 4.69) is 15.6 Å². The molecule has 0 aromatic heterocycles. The van der Waals surface area contributed by atoms with Crippen molar-refractivity contribution < 1.29 is 23.9 Å². The van der Waals surface area contributed by atoms with Crippen LogP contribution in [0.5, 0.6) is 0 Å². The number of benzene rings is 2. The highest BCUT2D eigenvalue weighted by molar-refractivity contribution is 8.01. The van der Waals surface area contributed by atoms with Crippen molar-refractivity contribution in [1.29, 1.82) is 0 Å². The van der Waals surface area contributed by atoms with Crippen LogP contribution in [-0.2, 0) is 19.1 Å². The molecule has 1 unspecified atom stereocenters. The van der Waals surface area contributed by atoms with Gasteiger partial charge in [-0.25, -0.2) is 14.6 Å². The van der Waals surface area contributed by atoms with Crippen molar-refractivity contribution in [2.24, 2.45) is 16.5 Å². The average Bonchev–Trinajstić information content (AvgIpc) is 2.98. The Kier molecular flexibility index (Phi) is 9.28. The Balaban J connectivity index is 1.41. The molecule has 0 saturated carbocycles. The minimum atomic E-state index is -1.05. The maximum absolute atomic E-state index is 14.1. The summed E-state index contributed by atoms with van der Waals surface area (Å²) in [6.07, 6.45) is 2.14. The molecule has 5 rings (SSSR count). The Morgan fingerprint density at radius 1 is 1.16 bits per heavy atom. The zero-order valence-corrected chi connectivity index (χ0v) is 26.3. The number of nitrogens with two attached hydrogens (primary N) is 2. The number of carbonyl (C=O) groups is 3. The maximum Gasteiger partial charge on any atom is 0.408 e. The van der Waals surface area contributed by atoms with E-state index in [1.165, 1.54) is 34.8 Å². The highest BCUT2D eigenvalue weighted by Gasteiger charge is 2.55. The Morgan fingerprint density at radius 3 is 2.39 bits per heavy atom. The SMILES string of the molecule is CC(C)(C)OC(=O)N[C@@H]1C(=O)N2C(C(=O)OC(c3ccccc3)c3ccccc3)=C(CCSC3(N)C=C(N)NC=N3)CS[C@H]12. The predicted octanol–water partition coefficient (Wildman–Crippen LogP) is 3.55. The number of nitrogens with zero attached hydrogens (tertiary/aromatic N) is 2. The lowest BCUT2D eigenvalue weighted by molar-refractivity contribution is -0.153. The Morgan fingerprint density at radius 2 is 1.80 bits per heavy atom. The normalized spacial score (nSPS) is 22.9. The summed E-state index contributed by atoms with van der Waals surface area (Å²) in [6.45, 7) is 5.25. The highest BCUT2D eigenvalue weighted by atomic mass is 32.2. The van der Waals surface area contributed by atoms with Gasteiger partial charge in [0.25, 0.3) is 5.91 Å². The largest absolute Gasteiger partial charge is 0.448 e. The number of thioether (sulfide) groups is 2. The monoisotopic (exact) mass is 636 g/mol. The first-order chi connectivity index (χ1) is 20.9. The molecule has 2 aromatic rings. The van der Waals surface area contributed by atoms with E-state index in [0.717, 1.165) is 16.7 Å². The molecule has 44 heavy (non-hydrogen) atoms. The molecular formula is C31H36N6O5S2. The number of fused-ring (bicyclic) bond motifs is 1. The Labute approximate surface area is 264 Å². The molecule has 3 atom stereocenters. The summed E-state index contributed by atoms with van der Waals surface area (Å²) in [5, 5.41) is 4.98. The van der Waals surface area contributed by atoms with Crippen molar-refractivity contribution in [3.8, 4) is 0 Å². The molecule has 0 aliphatic carbocycles. The molecule has 6 N–H and O–H groups in total. The molecule has 1 saturated heterocycles. The van der Waals surface area contributed by atoms with Gasteiger partial charge < -0.3 is 25.8 Å². The van der Waals surface area contributed by atoms with E-state index >= 15 is 0 Å². The zero-order chi connectivity index (χ0) is 31.5. The van der Waals surface area contributed by atoms with Crippen LogP contribution in [0.1, 0.15) is 44.4 Å². The van der Waals surface area contributed by atoms with Gasteiger partial charge in [0.1, 0.15) is 28.5 Å². The zero-order valence-electron chi connectivity index (χ0n) is 24.7. The number of hydrogen-bond acceptors (Lipinski definition) is 11. The van der Waals surface area contributed by atoms with Gasteiger partial charge in [0.2, 0.25) is 0 Å². The number of aliphatic imine (C=N–C) groups is 1. The van der Waals surface area contributed by atoms with E-state index in [0.29, 0.717) is 23.7 Å².